The highest BCUT2D eigenvalue weighted by Gasteiger charge is 2.17. The Kier molecular flexibility index (Phi) is 5.79. The third kappa shape index (κ3) is 4.30. The Balaban J connectivity index is 1.74. The van der Waals surface area contributed by atoms with Gasteiger partial charge in [0.15, 0.2) is 0 Å². The molecule has 5 nitrogen and oxygen atoms in total. The average molecular weight is 292 g/mol. The Morgan fingerprint density at radius 1 is 1.19 bits per heavy atom. The molecule has 1 aromatic heterocycles. The highest BCUT2D eigenvalue weighted by molar-refractivity contribution is 5.96. The van der Waals surface area contributed by atoms with Crippen molar-refractivity contribution in [2.45, 2.75) is 58.4 Å². The summed E-state index contributed by atoms with van der Waals surface area (Å²) in [5, 5.41) is 10.8. The van der Waals surface area contributed by atoms with Crippen LogP contribution in [0.4, 0.5) is 0 Å². The van der Waals surface area contributed by atoms with E-state index in [-0.39, 0.29) is 5.91 Å². The molecule has 0 atom stereocenters. The molecule has 21 heavy (non-hydrogen) atoms. The predicted octanol–water partition coefficient (Wildman–Crippen LogP) is 2.08. The standard InChI is InChI=1S/C16H28N4O/c1-12-15(13(2)20(3)19-12)16(21)18-11-10-17-14-8-6-4-5-7-9-14/h14,17H,4-11H2,1-3H3,(H,18,21). The zero-order chi connectivity index (χ0) is 15.2. The molecule has 1 saturated carbocycles. The largest absolute Gasteiger partial charge is 0.351 e. The molecule has 1 fully saturated rings. The Bertz CT molecular complexity index is 473. The number of carbonyl (C=O) groups excluding carboxylic acids is 1. The van der Waals surface area contributed by atoms with Gasteiger partial charge in [-0.1, -0.05) is 25.7 Å². The van der Waals surface area contributed by atoms with Crippen molar-refractivity contribution in [2.75, 3.05) is 13.1 Å². The van der Waals surface area contributed by atoms with Crippen molar-refractivity contribution >= 4 is 5.91 Å². The van der Waals surface area contributed by atoms with Crippen molar-refractivity contribution in [1.29, 1.82) is 0 Å². The number of hydrogen-bond acceptors (Lipinski definition) is 3. The lowest BCUT2D eigenvalue weighted by Gasteiger charge is -2.16. The molecule has 2 N–H and O–H groups in total. The SMILES string of the molecule is Cc1nn(C)c(C)c1C(=O)NCCNC1CCCCCC1. The zero-order valence-corrected chi connectivity index (χ0v) is 13.5. The molecule has 0 unspecified atom stereocenters. The third-order valence-electron chi connectivity index (χ3n) is 4.43. The van der Waals surface area contributed by atoms with E-state index in [1.807, 2.05) is 20.9 Å². The molecule has 0 bridgehead atoms. The van der Waals surface area contributed by atoms with Crippen molar-refractivity contribution in [1.82, 2.24) is 20.4 Å². The van der Waals surface area contributed by atoms with E-state index >= 15 is 0 Å². The van der Waals surface area contributed by atoms with E-state index in [1.165, 1.54) is 38.5 Å². The fourth-order valence-corrected chi connectivity index (χ4v) is 3.13. The first-order valence-corrected chi connectivity index (χ1v) is 8.11. The van der Waals surface area contributed by atoms with E-state index in [4.69, 9.17) is 0 Å². The van der Waals surface area contributed by atoms with Gasteiger partial charge in [-0.2, -0.15) is 5.10 Å². The number of carbonyl (C=O) groups is 1. The van der Waals surface area contributed by atoms with Crippen molar-refractivity contribution in [3.05, 3.63) is 17.0 Å². The monoisotopic (exact) mass is 292 g/mol. The number of hydrogen-bond donors (Lipinski definition) is 2. The van der Waals surface area contributed by atoms with Crippen molar-refractivity contribution in [3.8, 4) is 0 Å². The normalized spacial score (nSPS) is 16.7. The third-order valence-corrected chi connectivity index (χ3v) is 4.43. The summed E-state index contributed by atoms with van der Waals surface area (Å²) in [5.41, 5.74) is 2.43. The average Bonchev–Trinajstić information content (AvgIpc) is 2.64. The number of aryl methyl sites for hydroxylation is 2. The van der Waals surface area contributed by atoms with Crippen LogP contribution in [0.5, 0.6) is 0 Å². The molecule has 0 spiro atoms. The van der Waals surface area contributed by atoms with Crippen LogP contribution in [0.15, 0.2) is 0 Å². The van der Waals surface area contributed by atoms with Gasteiger partial charge in [0.25, 0.3) is 5.91 Å². The molecule has 2 rings (SSSR count). The minimum Gasteiger partial charge on any atom is -0.351 e. The molecule has 1 amide bonds. The van der Waals surface area contributed by atoms with Gasteiger partial charge in [0.05, 0.1) is 11.3 Å². The maximum Gasteiger partial charge on any atom is 0.255 e. The quantitative estimate of drug-likeness (QED) is 0.645. The van der Waals surface area contributed by atoms with E-state index in [1.54, 1.807) is 4.68 Å². The van der Waals surface area contributed by atoms with Gasteiger partial charge >= 0.3 is 0 Å². The number of aromatic nitrogens is 2. The second kappa shape index (κ2) is 7.59. The Hall–Kier alpha value is -1.36. The summed E-state index contributed by atoms with van der Waals surface area (Å²) in [6.07, 6.45) is 7.95. The van der Waals surface area contributed by atoms with Gasteiger partial charge in [0, 0.05) is 31.9 Å². The van der Waals surface area contributed by atoms with Crippen LogP contribution < -0.4 is 10.6 Å². The van der Waals surface area contributed by atoms with Gasteiger partial charge < -0.3 is 10.6 Å². The van der Waals surface area contributed by atoms with Crippen LogP contribution in [0, 0.1) is 13.8 Å². The van der Waals surface area contributed by atoms with Crippen LogP contribution in [0.2, 0.25) is 0 Å². The minimum absolute atomic E-state index is 0.0132. The summed E-state index contributed by atoms with van der Waals surface area (Å²) in [4.78, 5) is 12.2. The number of nitrogens with one attached hydrogen (secondary N) is 2. The Labute approximate surface area is 127 Å². The molecule has 1 aromatic rings. The lowest BCUT2D eigenvalue weighted by molar-refractivity contribution is 0.0952. The molecule has 0 aliphatic heterocycles. The summed E-state index contributed by atoms with van der Waals surface area (Å²) < 4.78 is 1.76. The minimum atomic E-state index is -0.0132. The topological polar surface area (TPSA) is 59.0 Å². The number of amides is 1. The molecule has 1 aliphatic rings. The summed E-state index contributed by atoms with van der Waals surface area (Å²) in [5.74, 6) is -0.0132. The lowest BCUT2D eigenvalue weighted by Crippen LogP contribution is -2.37. The maximum atomic E-state index is 12.2. The van der Waals surface area contributed by atoms with Gasteiger partial charge in [0.1, 0.15) is 0 Å². The summed E-state index contributed by atoms with van der Waals surface area (Å²) >= 11 is 0. The fraction of sp³-hybridized carbons (Fsp3) is 0.750. The Morgan fingerprint density at radius 2 is 1.86 bits per heavy atom. The smallest absolute Gasteiger partial charge is 0.255 e. The predicted molar refractivity (Wildman–Crippen MR) is 84.5 cm³/mol. The van der Waals surface area contributed by atoms with Crippen LogP contribution >= 0.6 is 0 Å². The van der Waals surface area contributed by atoms with E-state index in [0.717, 1.165) is 17.9 Å². The summed E-state index contributed by atoms with van der Waals surface area (Å²) in [6.45, 7) is 5.32. The molecule has 1 aliphatic carbocycles. The first kappa shape index (κ1) is 16.0. The molecular weight excluding hydrogens is 264 g/mol. The van der Waals surface area contributed by atoms with Gasteiger partial charge in [-0.25, -0.2) is 0 Å². The van der Waals surface area contributed by atoms with Gasteiger partial charge in [-0.05, 0) is 26.7 Å². The van der Waals surface area contributed by atoms with Crippen LogP contribution in [0.25, 0.3) is 0 Å². The highest BCUT2D eigenvalue weighted by atomic mass is 16.1. The van der Waals surface area contributed by atoms with Crippen molar-refractivity contribution in [2.24, 2.45) is 7.05 Å². The summed E-state index contributed by atoms with van der Waals surface area (Å²) in [6, 6.07) is 0.631. The molecule has 0 radical (unpaired) electrons. The lowest BCUT2D eigenvalue weighted by atomic mass is 10.1. The first-order valence-electron chi connectivity index (χ1n) is 8.11. The van der Waals surface area contributed by atoms with E-state index < -0.39 is 0 Å². The van der Waals surface area contributed by atoms with E-state index in [0.29, 0.717) is 18.2 Å². The molecule has 0 saturated heterocycles. The number of rotatable bonds is 5. The Morgan fingerprint density at radius 3 is 2.43 bits per heavy atom. The van der Waals surface area contributed by atoms with Crippen LogP contribution in [0.3, 0.4) is 0 Å². The van der Waals surface area contributed by atoms with Crippen LogP contribution in [-0.2, 0) is 7.05 Å². The fourth-order valence-electron chi connectivity index (χ4n) is 3.13. The zero-order valence-electron chi connectivity index (χ0n) is 13.5. The van der Waals surface area contributed by atoms with Crippen molar-refractivity contribution in [3.63, 3.8) is 0 Å². The molecular formula is C16H28N4O. The van der Waals surface area contributed by atoms with E-state index in [2.05, 4.69) is 15.7 Å². The maximum absolute atomic E-state index is 12.2. The summed E-state index contributed by atoms with van der Waals surface area (Å²) in [7, 11) is 1.87. The highest BCUT2D eigenvalue weighted by Crippen LogP contribution is 2.16. The molecule has 5 heteroatoms. The number of nitrogens with zero attached hydrogens (tertiary/aromatic N) is 2. The molecule has 1 heterocycles. The second-order valence-corrected chi connectivity index (χ2v) is 6.07. The van der Waals surface area contributed by atoms with Crippen LogP contribution in [0.1, 0.15) is 60.3 Å². The van der Waals surface area contributed by atoms with Crippen LogP contribution in [-0.4, -0.2) is 34.8 Å². The molecule has 118 valence electrons. The van der Waals surface area contributed by atoms with Gasteiger partial charge in [0.2, 0.25) is 0 Å². The second-order valence-electron chi connectivity index (χ2n) is 6.07. The van der Waals surface area contributed by atoms with E-state index in [9.17, 15) is 4.79 Å². The van der Waals surface area contributed by atoms with Crippen molar-refractivity contribution < 1.29 is 4.79 Å². The van der Waals surface area contributed by atoms with Gasteiger partial charge in [-0.15, -0.1) is 0 Å². The molecule has 0 aromatic carbocycles. The van der Waals surface area contributed by atoms with Gasteiger partial charge in [-0.3, -0.25) is 9.48 Å². The first-order chi connectivity index (χ1) is 10.1.